The molecule has 0 spiro atoms. The fourth-order valence-electron chi connectivity index (χ4n) is 3.10. The zero-order valence-electron chi connectivity index (χ0n) is 15.2. The first-order valence-electron chi connectivity index (χ1n) is 8.82. The van der Waals surface area contributed by atoms with Gasteiger partial charge in [0.1, 0.15) is 0 Å². The van der Waals surface area contributed by atoms with Crippen molar-refractivity contribution in [2.45, 2.75) is 38.1 Å². The molecule has 1 heterocycles. The Labute approximate surface area is 155 Å². The van der Waals surface area contributed by atoms with Crippen LogP contribution in [0.3, 0.4) is 0 Å². The first-order valence-corrected chi connectivity index (χ1v) is 10.3. The standard InChI is InChI=1S/C20H24N2O3S/c1-16-9-11-19(12-10-16)26(24,25)22(20(23)21-13-5-6-14-21)15-18-8-4-3-7-17(18)2/h3-4,7-12H,5-6,13-15H2,1-2H3. The Morgan fingerprint density at radius 1 is 1.00 bits per heavy atom. The highest BCUT2D eigenvalue weighted by Crippen LogP contribution is 2.23. The molecule has 5 nitrogen and oxygen atoms in total. The van der Waals surface area contributed by atoms with Crippen molar-refractivity contribution < 1.29 is 13.2 Å². The molecule has 6 heteroatoms. The zero-order valence-corrected chi connectivity index (χ0v) is 16.0. The van der Waals surface area contributed by atoms with Gasteiger partial charge in [0.25, 0.3) is 10.0 Å². The van der Waals surface area contributed by atoms with Crippen LogP contribution >= 0.6 is 0 Å². The summed E-state index contributed by atoms with van der Waals surface area (Å²) in [7, 11) is -3.93. The molecule has 1 aliphatic heterocycles. The fraction of sp³-hybridized carbons (Fsp3) is 0.350. The maximum atomic E-state index is 13.2. The van der Waals surface area contributed by atoms with E-state index in [0.29, 0.717) is 13.1 Å². The van der Waals surface area contributed by atoms with Gasteiger partial charge in [-0.15, -0.1) is 0 Å². The topological polar surface area (TPSA) is 57.7 Å². The molecule has 3 rings (SSSR count). The van der Waals surface area contributed by atoms with Crippen LogP contribution in [0.15, 0.2) is 53.4 Å². The molecule has 0 atom stereocenters. The third-order valence-corrected chi connectivity index (χ3v) is 6.51. The number of carbonyl (C=O) groups excluding carboxylic acids is 1. The normalized spacial score (nSPS) is 14.5. The predicted molar refractivity (Wildman–Crippen MR) is 101 cm³/mol. The van der Waals surface area contributed by atoms with E-state index in [1.807, 2.05) is 38.1 Å². The van der Waals surface area contributed by atoms with E-state index >= 15 is 0 Å². The summed E-state index contributed by atoms with van der Waals surface area (Å²) in [6.07, 6.45) is 1.82. The van der Waals surface area contributed by atoms with Crippen molar-refractivity contribution in [2.75, 3.05) is 13.1 Å². The van der Waals surface area contributed by atoms with Crippen LogP contribution in [0.2, 0.25) is 0 Å². The second-order valence-corrected chi connectivity index (χ2v) is 8.59. The van der Waals surface area contributed by atoms with Gasteiger partial charge in [-0.2, -0.15) is 0 Å². The Balaban J connectivity index is 2.00. The number of aryl methyl sites for hydroxylation is 2. The zero-order chi connectivity index (χ0) is 18.7. The molecule has 2 amide bonds. The molecule has 0 aromatic heterocycles. The molecule has 1 saturated heterocycles. The summed E-state index contributed by atoms with van der Waals surface area (Å²) < 4.78 is 27.5. The van der Waals surface area contributed by atoms with Gasteiger partial charge in [-0.1, -0.05) is 42.0 Å². The van der Waals surface area contributed by atoms with E-state index in [1.54, 1.807) is 29.2 Å². The molecular formula is C20H24N2O3S. The number of carbonyl (C=O) groups is 1. The van der Waals surface area contributed by atoms with Gasteiger partial charge in [0, 0.05) is 13.1 Å². The Kier molecular flexibility index (Phi) is 5.32. The van der Waals surface area contributed by atoms with E-state index in [-0.39, 0.29) is 11.4 Å². The minimum absolute atomic E-state index is 0.0399. The molecule has 2 aromatic rings. The third kappa shape index (κ3) is 3.75. The van der Waals surface area contributed by atoms with Gasteiger partial charge in [0.15, 0.2) is 0 Å². The molecule has 0 saturated carbocycles. The van der Waals surface area contributed by atoms with Crippen molar-refractivity contribution in [2.24, 2.45) is 0 Å². The van der Waals surface area contributed by atoms with Gasteiger partial charge in [-0.25, -0.2) is 17.5 Å². The van der Waals surface area contributed by atoms with Gasteiger partial charge in [-0.05, 0) is 49.9 Å². The van der Waals surface area contributed by atoms with E-state index in [1.165, 1.54) is 0 Å². The molecule has 0 unspecified atom stereocenters. The van der Waals surface area contributed by atoms with Crippen molar-refractivity contribution in [3.63, 3.8) is 0 Å². The molecule has 2 aromatic carbocycles. The van der Waals surface area contributed by atoms with Crippen LogP contribution < -0.4 is 0 Å². The highest BCUT2D eigenvalue weighted by molar-refractivity contribution is 7.89. The molecule has 1 fully saturated rings. The van der Waals surface area contributed by atoms with Crippen LogP contribution in [0.4, 0.5) is 4.79 Å². The number of likely N-dealkylation sites (tertiary alicyclic amines) is 1. The van der Waals surface area contributed by atoms with Gasteiger partial charge in [0.05, 0.1) is 11.4 Å². The van der Waals surface area contributed by atoms with Gasteiger partial charge in [0.2, 0.25) is 0 Å². The smallest absolute Gasteiger partial charge is 0.324 e. The SMILES string of the molecule is Cc1ccc(S(=O)(=O)N(Cc2ccccc2C)C(=O)N2CCCC2)cc1. The van der Waals surface area contributed by atoms with E-state index in [2.05, 4.69) is 0 Å². The molecule has 0 aliphatic carbocycles. The number of nitrogens with zero attached hydrogens (tertiary/aromatic N) is 2. The number of amides is 2. The van der Waals surface area contributed by atoms with Crippen molar-refractivity contribution in [3.8, 4) is 0 Å². The average molecular weight is 372 g/mol. The van der Waals surface area contributed by atoms with Crippen LogP contribution in [0.1, 0.15) is 29.5 Å². The molecule has 26 heavy (non-hydrogen) atoms. The molecular weight excluding hydrogens is 348 g/mol. The second-order valence-electron chi connectivity index (χ2n) is 6.73. The van der Waals surface area contributed by atoms with Crippen molar-refractivity contribution >= 4 is 16.1 Å². The highest BCUT2D eigenvalue weighted by Gasteiger charge is 2.34. The average Bonchev–Trinajstić information content (AvgIpc) is 3.15. The summed E-state index contributed by atoms with van der Waals surface area (Å²) in [6.45, 7) is 5.07. The summed E-state index contributed by atoms with van der Waals surface area (Å²) >= 11 is 0. The lowest BCUT2D eigenvalue weighted by Crippen LogP contribution is -2.44. The van der Waals surface area contributed by atoms with E-state index in [4.69, 9.17) is 0 Å². The molecule has 0 radical (unpaired) electrons. The summed E-state index contributed by atoms with van der Waals surface area (Å²) in [5.74, 6) is 0. The number of rotatable bonds is 4. The number of benzene rings is 2. The van der Waals surface area contributed by atoms with Crippen molar-refractivity contribution in [3.05, 3.63) is 65.2 Å². The lowest BCUT2D eigenvalue weighted by atomic mass is 10.1. The van der Waals surface area contributed by atoms with Gasteiger partial charge < -0.3 is 4.90 Å². The maximum Gasteiger partial charge on any atom is 0.334 e. The van der Waals surface area contributed by atoms with Crippen LogP contribution in [0.5, 0.6) is 0 Å². The van der Waals surface area contributed by atoms with Crippen LogP contribution in [-0.2, 0) is 16.6 Å². The Hall–Kier alpha value is -2.34. The summed E-state index contributed by atoms with van der Waals surface area (Å²) in [5.41, 5.74) is 2.77. The van der Waals surface area contributed by atoms with E-state index in [0.717, 1.165) is 33.8 Å². The summed E-state index contributed by atoms with van der Waals surface area (Å²) in [4.78, 5) is 14.8. The Bertz CT molecular complexity index is 886. The highest BCUT2D eigenvalue weighted by atomic mass is 32.2. The Morgan fingerprint density at radius 2 is 1.62 bits per heavy atom. The fourth-order valence-corrected chi connectivity index (χ4v) is 4.47. The minimum Gasteiger partial charge on any atom is -0.324 e. The maximum absolute atomic E-state index is 13.2. The van der Waals surface area contributed by atoms with Crippen molar-refractivity contribution in [1.29, 1.82) is 0 Å². The predicted octanol–water partition coefficient (Wildman–Crippen LogP) is 3.71. The summed E-state index contributed by atoms with van der Waals surface area (Å²) in [6, 6.07) is 13.7. The van der Waals surface area contributed by atoms with E-state index < -0.39 is 16.1 Å². The minimum atomic E-state index is -3.93. The number of sulfonamides is 1. The largest absolute Gasteiger partial charge is 0.334 e. The number of hydrogen-bond donors (Lipinski definition) is 0. The Morgan fingerprint density at radius 3 is 2.23 bits per heavy atom. The third-order valence-electron chi connectivity index (χ3n) is 4.77. The molecule has 0 bridgehead atoms. The molecule has 138 valence electrons. The lowest BCUT2D eigenvalue weighted by molar-refractivity contribution is 0.187. The lowest BCUT2D eigenvalue weighted by Gasteiger charge is -2.28. The monoisotopic (exact) mass is 372 g/mol. The summed E-state index contributed by atoms with van der Waals surface area (Å²) in [5, 5.41) is 0. The molecule has 1 aliphatic rings. The first-order chi connectivity index (χ1) is 12.4. The molecule has 0 N–H and O–H groups in total. The van der Waals surface area contributed by atoms with E-state index in [9.17, 15) is 13.2 Å². The van der Waals surface area contributed by atoms with Gasteiger partial charge in [-0.3, -0.25) is 0 Å². The van der Waals surface area contributed by atoms with Gasteiger partial charge >= 0.3 is 6.03 Å². The van der Waals surface area contributed by atoms with Crippen LogP contribution in [-0.4, -0.2) is 36.7 Å². The van der Waals surface area contributed by atoms with Crippen molar-refractivity contribution in [1.82, 2.24) is 9.21 Å². The number of urea groups is 1. The quantitative estimate of drug-likeness (QED) is 0.822. The number of hydrogen-bond acceptors (Lipinski definition) is 3. The van der Waals surface area contributed by atoms with Crippen LogP contribution in [0.25, 0.3) is 0 Å². The first kappa shape index (κ1) is 18.5. The second kappa shape index (κ2) is 7.50. The van der Waals surface area contributed by atoms with Crippen LogP contribution in [0, 0.1) is 13.8 Å².